The molecule has 2 aromatic carbocycles. The maximum Gasteiger partial charge on any atom is 0.133 e. The van der Waals surface area contributed by atoms with Crippen molar-refractivity contribution in [1.29, 1.82) is 0 Å². The van der Waals surface area contributed by atoms with E-state index in [0.29, 0.717) is 16.3 Å². The zero-order valence-electron chi connectivity index (χ0n) is 9.09. The van der Waals surface area contributed by atoms with E-state index in [9.17, 15) is 8.78 Å². The average molecular weight is 289 g/mol. The van der Waals surface area contributed by atoms with Gasteiger partial charge in [-0.1, -0.05) is 17.7 Å². The van der Waals surface area contributed by atoms with Crippen molar-refractivity contribution in [1.82, 2.24) is 0 Å². The molecule has 5 heteroatoms. The molecule has 0 saturated heterocycles. The molecule has 0 atom stereocenters. The number of halogens is 4. The number of hydrogen-bond acceptors (Lipinski definition) is 1. The van der Waals surface area contributed by atoms with E-state index in [1.165, 1.54) is 0 Å². The van der Waals surface area contributed by atoms with Crippen LogP contribution in [-0.2, 0) is 5.88 Å². The van der Waals surface area contributed by atoms with Crippen molar-refractivity contribution in [3.63, 3.8) is 0 Å². The van der Waals surface area contributed by atoms with Gasteiger partial charge in [-0.3, -0.25) is 0 Å². The van der Waals surface area contributed by atoms with Crippen LogP contribution in [0.15, 0.2) is 36.4 Å². The first-order valence-electron chi connectivity index (χ1n) is 5.07. The minimum Gasteiger partial charge on any atom is -0.457 e. The van der Waals surface area contributed by atoms with Gasteiger partial charge in [0.05, 0.1) is 5.88 Å². The van der Waals surface area contributed by atoms with Gasteiger partial charge < -0.3 is 4.74 Å². The highest BCUT2D eigenvalue weighted by Gasteiger charge is 2.09. The lowest BCUT2D eigenvalue weighted by atomic mass is 10.2. The third-order valence-electron chi connectivity index (χ3n) is 2.27. The smallest absolute Gasteiger partial charge is 0.133 e. The number of alkyl halides is 1. The fourth-order valence-electron chi connectivity index (χ4n) is 1.48. The lowest BCUT2D eigenvalue weighted by molar-refractivity contribution is 0.465. The zero-order valence-corrected chi connectivity index (χ0v) is 10.6. The van der Waals surface area contributed by atoms with Gasteiger partial charge in [-0.2, -0.15) is 0 Å². The SMILES string of the molecule is Fc1cc(F)cc(Oc2cccc(Cl)c2CCl)c1. The zero-order chi connectivity index (χ0) is 13.1. The van der Waals surface area contributed by atoms with Gasteiger partial charge >= 0.3 is 0 Å². The van der Waals surface area contributed by atoms with Crippen molar-refractivity contribution < 1.29 is 13.5 Å². The lowest BCUT2D eigenvalue weighted by Gasteiger charge is -2.10. The summed E-state index contributed by atoms with van der Waals surface area (Å²) in [5, 5.41) is 0.444. The highest BCUT2D eigenvalue weighted by Crippen LogP contribution is 2.32. The molecular formula is C13H8Cl2F2O. The molecule has 0 spiro atoms. The molecule has 0 heterocycles. The van der Waals surface area contributed by atoms with Crippen molar-refractivity contribution in [2.45, 2.75) is 5.88 Å². The second-order valence-electron chi connectivity index (χ2n) is 3.56. The minimum atomic E-state index is -0.709. The molecule has 0 fully saturated rings. The van der Waals surface area contributed by atoms with E-state index in [1.54, 1.807) is 18.2 Å². The Kier molecular flexibility index (Phi) is 4.04. The molecular weight excluding hydrogens is 281 g/mol. The third-order valence-corrected chi connectivity index (χ3v) is 2.89. The normalized spacial score (nSPS) is 10.4. The molecule has 1 nitrogen and oxygen atoms in total. The Balaban J connectivity index is 2.36. The number of hydrogen-bond donors (Lipinski definition) is 0. The van der Waals surface area contributed by atoms with Crippen LogP contribution in [0.5, 0.6) is 11.5 Å². The molecule has 2 rings (SSSR count). The molecule has 0 aliphatic rings. The summed E-state index contributed by atoms with van der Waals surface area (Å²) in [4.78, 5) is 0. The maximum absolute atomic E-state index is 13.0. The van der Waals surface area contributed by atoms with Crippen molar-refractivity contribution in [3.05, 3.63) is 58.6 Å². The Morgan fingerprint density at radius 1 is 1.06 bits per heavy atom. The molecule has 0 N–H and O–H groups in total. The first-order valence-corrected chi connectivity index (χ1v) is 5.98. The Labute approximate surface area is 113 Å². The van der Waals surface area contributed by atoms with Gasteiger partial charge in [0.1, 0.15) is 23.1 Å². The molecule has 0 radical (unpaired) electrons. The summed E-state index contributed by atoms with van der Waals surface area (Å²) in [6, 6.07) is 7.91. The monoisotopic (exact) mass is 288 g/mol. The first-order chi connectivity index (χ1) is 8.60. The van der Waals surface area contributed by atoms with Crippen LogP contribution in [0.25, 0.3) is 0 Å². The van der Waals surface area contributed by atoms with Crippen LogP contribution >= 0.6 is 23.2 Å². The topological polar surface area (TPSA) is 9.23 Å². The van der Waals surface area contributed by atoms with E-state index < -0.39 is 11.6 Å². The summed E-state index contributed by atoms with van der Waals surface area (Å²) >= 11 is 11.7. The van der Waals surface area contributed by atoms with E-state index in [-0.39, 0.29) is 11.6 Å². The molecule has 0 saturated carbocycles. The summed E-state index contributed by atoms with van der Waals surface area (Å²) in [6.07, 6.45) is 0. The van der Waals surface area contributed by atoms with E-state index in [4.69, 9.17) is 27.9 Å². The Morgan fingerprint density at radius 2 is 1.72 bits per heavy atom. The van der Waals surface area contributed by atoms with Crippen LogP contribution in [0.2, 0.25) is 5.02 Å². The fourth-order valence-corrected chi connectivity index (χ4v) is 2.06. The second-order valence-corrected chi connectivity index (χ2v) is 4.23. The van der Waals surface area contributed by atoms with Crippen molar-refractivity contribution in [2.24, 2.45) is 0 Å². The Hall–Kier alpha value is -1.32. The molecule has 0 aliphatic heterocycles. The third kappa shape index (κ3) is 2.92. The van der Waals surface area contributed by atoms with Gasteiger partial charge in [-0.15, -0.1) is 11.6 Å². The van der Waals surface area contributed by atoms with Gasteiger partial charge in [0.15, 0.2) is 0 Å². The molecule has 0 aliphatic carbocycles. The summed E-state index contributed by atoms with van der Waals surface area (Å²) in [7, 11) is 0. The maximum atomic E-state index is 13.0. The summed E-state index contributed by atoms with van der Waals surface area (Å²) in [5.41, 5.74) is 0.575. The van der Waals surface area contributed by atoms with Crippen LogP contribution < -0.4 is 4.74 Å². The van der Waals surface area contributed by atoms with Crippen LogP contribution in [0, 0.1) is 11.6 Å². The van der Waals surface area contributed by atoms with Crippen LogP contribution in [0.1, 0.15) is 5.56 Å². The quantitative estimate of drug-likeness (QED) is 0.710. The Morgan fingerprint density at radius 3 is 2.33 bits per heavy atom. The molecule has 2 aromatic rings. The fraction of sp³-hybridized carbons (Fsp3) is 0.0769. The van der Waals surface area contributed by atoms with E-state index in [1.807, 2.05) is 0 Å². The minimum absolute atomic E-state index is 0.0566. The summed E-state index contributed by atoms with van der Waals surface area (Å²) in [6.45, 7) is 0. The van der Waals surface area contributed by atoms with Crippen LogP contribution in [0.3, 0.4) is 0 Å². The van der Waals surface area contributed by atoms with Gasteiger partial charge in [0, 0.05) is 28.8 Å². The molecule has 0 unspecified atom stereocenters. The van der Waals surface area contributed by atoms with Gasteiger partial charge in [-0.05, 0) is 12.1 Å². The molecule has 0 bridgehead atoms. The second kappa shape index (κ2) is 5.55. The number of ether oxygens (including phenoxy) is 1. The summed E-state index contributed by atoms with van der Waals surface area (Å²) in [5.74, 6) is -0.838. The average Bonchev–Trinajstić information content (AvgIpc) is 2.27. The molecule has 18 heavy (non-hydrogen) atoms. The molecule has 94 valence electrons. The van der Waals surface area contributed by atoms with Crippen molar-refractivity contribution in [2.75, 3.05) is 0 Å². The first kappa shape index (κ1) is 13.1. The van der Waals surface area contributed by atoms with Crippen LogP contribution in [-0.4, -0.2) is 0 Å². The number of rotatable bonds is 3. The van der Waals surface area contributed by atoms with Crippen molar-refractivity contribution in [3.8, 4) is 11.5 Å². The van der Waals surface area contributed by atoms with Gasteiger partial charge in [0.25, 0.3) is 0 Å². The summed E-state index contributed by atoms with van der Waals surface area (Å²) < 4.78 is 31.4. The van der Waals surface area contributed by atoms with Gasteiger partial charge in [0.2, 0.25) is 0 Å². The largest absolute Gasteiger partial charge is 0.457 e. The Bertz CT molecular complexity index is 553. The van der Waals surface area contributed by atoms with Gasteiger partial charge in [-0.25, -0.2) is 8.78 Å². The van der Waals surface area contributed by atoms with Crippen LogP contribution in [0.4, 0.5) is 8.78 Å². The van der Waals surface area contributed by atoms with Crippen molar-refractivity contribution >= 4 is 23.2 Å². The highest BCUT2D eigenvalue weighted by atomic mass is 35.5. The lowest BCUT2D eigenvalue weighted by Crippen LogP contribution is -1.92. The predicted molar refractivity (Wildman–Crippen MR) is 67.4 cm³/mol. The van der Waals surface area contributed by atoms with E-state index >= 15 is 0 Å². The molecule has 0 aromatic heterocycles. The highest BCUT2D eigenvalue weighted by molar-refractivity contribution is 6.32. The predicted octanol–water partition coefficient (Wildman–Crippen LogP) is 5.15. The standard InChI is InChI=1S/C13H8Cl2F2O/c14-7-11-12(15)2-1-3-13(11)18-10-5-8(16)4-9(17)6-10/h1-6H,7H2. The molecule has 0 amide bonds. The van der Waals surface area contributed by atoms with E-state index in [2.05, 4.69) is 0 Å². The van der Waals surface area contributed by atoms with E-state index in [0.717, 1.165) is 18.2 Å². The number of benzene rings is 2.